The Bertz CT molecular complexity index is 918. The van der Waals surface area contributed by atoms with Crippen LogP contribution in [0.25, 0.3) is 0 Å². The van der Waals surface area contributed by atoms with E-state index in [4.69, 9.17) is 4.74 Å². The van der Waals surface area contributed by atoms with Crippen molar-refractivity contribution in [3.63, 3.8) is 0 Å². The molecule has 1 saturated carbocycles. The lowest BCUT2D eigenvalue weighted by atomic mass is 9.81. The number of alkyl carbamates (subject to hydrolysis) is 1. The Morgan fingerprint density at radius 2 is 1.86 bits per heavy atom. The fraction of sp³-hybridized carbons (Fsp3) is 0.792. The normalized spacial score (nSPS) is 25.4. The molecule has 0 bridgehead atoms. The molecule has 1 aliphatic heterocycles. The molecule has 2 aliphatic rings. The number of carbonyl (C=O) groups is 3. The second-order valence-corrected chi connectivity index (χ2v) is 11.2. The number of carboxylic acid groups (broad SMARTS) is 1. The van der Waals surface area contributed by atoms with Gasteiger partial charge in [0, 0.05) is 25.4 Å². The van der Waals surface area contributed by atoms with Crippen LogP contribution in [0.4, 0.5) is 4.79 Å². The molecule has 3 N–H and O–H groups in total. The molecule has 2 heterocycles. The number of aliphatic hydroxyl groups is 1. The summed E-state index contributed by atoms with van der Waals surface area (Å²) in [6.45, 7) is 8.86. The Labute approximate surface area is 206 Å². The van der Waals surface area contributed by atoms with Gasteiger partial charge in [0.2, 0.25) is 5.91 Å². The van der Waals surface area contributed by atoms with Crippen LogP contribution in [0.5, 0.6) is 0 Å². The molecule has 1 aromatic heterocycles. The number of hydrogen-bond acceptors (Lipinski definition) is 7. The van der Waals surface area contributed by atoms with E-state index in [0.717, 1.165) is 25.7 Å². The largest absolute Gasteiger partial charge is 0.480 e. The molecular formula is C24H39N5O6. The standard InChI is InChI=1S/C24H39N5O6/c1-23(2,3)35-22(33)26-17-9-7-6-8-15(17)10-11-20(30)28-14-16(12-18(28)21(31)32)29-19(13-25-27-29)24(4,5)34/h13,15-18,34H,6-12,14H2,1-5H3,(H,26,33)(H,31,32)/t15?,16-,17?,18-/m0/s1. The number of likely N-dealkylation sites (tertiary alicyclic amines) is 1. The summed E-state index contributed by atoms with van der Waals surface area (Å²) in [6, 6.07) is -1.42. The van der Waals surface area contributed by atoms with Crippen LogP contribution < -0.4 is 5.32 Å². The molecule has 1 saturated heterocycles. The summed E-state index contributed by atoms with van der Waals surface area (Å²) in [5.74, 6) is -1.17. The molecule has 0 aromatic carbocycles. The van der Waals surface area contributed by atoms with E-state index < -0.39 is 29.3 Å². The summed E-state index contributed by atoms with van der Waals surface area (Å²) in [5.41, 5.74) is -1.31. The summed E-state index contributed by atoms with van der Waals surface area (Å²) in [4.78, 5) is 38.8. The Hall–Kier alpha value is -2.69. The molecular weight excluding hydrogens is 454 g/mol. The minimum atomic E-state index is -1.20. The number of carboxylic acids is 1. The fourth-order valence-electron chi connectivity index (χ4n) is 5.11. The first kappa shape index (κ1) is 26.9. The summed E-state index contributed by atoms with van der Waals surface area (Å²) >= 11 is 0. The third-order valence-electron chi connectivity index (χ3n) is 6.77. The third kappa shape index (κ3) is 6.93. The first-order chi connectivity index (χ1) is 16.3. The number of aromatic nitrogens is 3. The zero-order valence-electron chi connectivity index (χ0n) is 21.4. The molecule has 11 heteroatoms. The van der Waals surface area contributed by atoms with Gasteiger partial charge in [0.15, 0.2) is 0 Å². The molecule has 4 atom stereocenters. The number of nitrogens with zero attached hydrogens (tertiary/aromatic N) is 4. The van der Waals surface area contributed by atoms with Gasteiger partial charge in [-0.05, 0) is 59.8 Å². The van der Waals surface area contributed by atoms with E-state index in [-0.39, 0.29) is 43.3 Å². The number of hydrogen-bond donors (Lipinski definition) is 3. The van der Waals surface area contributed by atoms with Crippen molar-refractivity contribution in [3.05, 3.63) is 11.9 Å². The second-order valence-electron chi connectivity index (χ2n) is 11.2. The molecule has 2 fully saturated rings. The van der Waals surface area contributed by atoms with Gasteiger partial charge in [0.25, 0.3) is 0 Å². The number of carbonyl (C=O) groups excluding carboxylic acids is 2. The van der Waals surface area contributed by atoms with E-state index in [0.29, 0.717) is 12.1 Å². The van der Waals surface area contributed by atoms with E-state index in [1.165, 1.54) is 15.8 Å². The molecule has 35 heavy (non-hydrogen) atoms. The topological polar surface area (TPSA) is 147 Å². The van der Waals surface area contributed by atoms with Gasteiger partial charge in [-0.25, -0.2) is 14.3 Å². The van der Waals surface area contributed by atoms with E-state index >= 15 is 0 Å². The minimum absolute atomic E-state index is 0.0718. The van der Waals surface area contributed by atoms with Crippen LogP contribution in [-0.4, -0.2) is 72.3 Å². The number of rotatable bonds is 7. The highest BCUT2D eigenvalue weighted by Gasteiger charge is 2.42. The summed E-state index contributed by atoms with van der Waals surface area (Å²) in [5, 5.41) is 31.1. The molecule has 196 valence electrons. The number of nitrogens with one attached hydrogen (secondary N) is 1. The first-order valence-corrected chi connectivity index (χ1v) is 12.4. The van der Waals surface area contributed by atoms with Gasteiger partial charge >= 0.3 is 12.1 Å². The Morgan fingerprint density at radius 1 is 1.17 bits per heavy atom. The van der Waals surface area contributed by atoms with Gasteiger partial charge in [-0.3, -0.25) is 4.79 Å². The SMILES string of the molecule is CC(C)(C)OC(=O)NC1CCCCC1CCC(=O)N1C[C@@H](n2nncc2C(C)(C)O)C[C@H]1C(=O)O. The van der Waals surface area contributed by atoms with Crippen molar-refractivity contribution >= 4 is 18.0 Å². The maximum absolute atomic E-state index is 13.2. The summed E-state index contributed by atoms with van der Waals surface area (Å²) in [6.07, 6.45) is 5.71. The van der Waals surface area contributed by atoms with Crippen LogP contribution in [0.15, 0.2) is 6.20 Å². The monoisotopic (exact) mass is 493 g/mol. The molecule has 2 amide bonds. The lowest BCUT2D eigenvalue weighted by Crippen LogP contribution is -2.45. The first-order valence-electron chi connectivity index (χ1n) is 12.4. The van der Waals surface area contributed by atoms with Gasteiger partial charge in [-0.1, -0.05) is 18.1 Å². The van der Waals surface area contributed by atoms with E-state index in [1.807, 2.05) is 20.8 Å². The number of amides is 2. The van der Waals surface area contributed by atoms with Crippen molar-refractivity contribution in [1.82, 2.24) is 25.2 Å². The molecule has 0 spiro atoms. The smallest absolute Gasteiger partial charge is 0.407 e. The maximum Gasteiger partial charge on any atom is 0.407 e. The van der Waals surface area contributed by atoms with Crippen LogP contribution >= 0.6 is 0 Å². The van der Waals surface area contributed by atoms with Crippen molar-refractivity contribution in [1.29, 1.82) is 0 Å². The van der Waals surface area contributed by atoms with Gasteiger partial charge in [-0.15, -0.1) is 5.10 Å². The predicted octanol–water partition coefficient (Wildman–Crippen LogP) is 2.60. The zero-order valence-corrected chi connectivity index (χ0v) is 21.4. The predicted molar refractivity (Wildman–Crippen MR) is 126 cm³/mol. The van der Waals surface area contributed by atoms with Crippen molar-refractivity contribution in [3.8, 4) is 0 Å². The fourth-order valence-corrected chi connectivity index (χ4v) is 5.11. The van der Waals surface area contributed by atoms with Crippen LogP contribution in [0, 0.1) is 5.92 Å². The van der Waals surface area contributed by atoms with Crippen molar-refractivity contribution < 1.29 is 29.3 Å². The molecule has 0 radical (unpaired) electrons. The molecule has 1 aliphatic carbocycles. The average molecular weight is 494 g/mol. The lowest BCUT2D eigenvalue weighted by molar-refractivity contribution is -0.148. The quantitative estimate of drug-likeness (QED) is 0.525. The Kier molecular flexibility index (Phi) is 8.08. The number of ether oxygens (including phenoxy) is 1. The van der Waals surface area contributed by atoms with Crippen LogP contribution in [0.2, 0.25) is 0 Å². The van der Waals surface area contributed by atoms with Gasteiger partial charge < -0.3 is 25.2 Å². The molecule has 2 unspecified atom stereocenters. The maximum atomic E-state index is 13.2. The Morgan fingerprint density at radius 3 is 2.49 bits per heavy atom. The van der Waals surface area contributed by atoms with Crippen LogP contribution in [0.1, 0.15) is 91.3 Å². The van der Waals surface area contributed by atoms with Gasteiger partial charge in [-0.2, -0.15) is 0 Å². The molecule has 1 aromatic rings. The molecule has 11 nitrogen and oxygen atoms in total. The zero-order chi connectivity index (χ0) is 26.0. The van der Waals surface area contributed by atoms with Crippen LogP contribution in [-0.2, 0) is 19.9 Å². The van der Waals surface area contributed by atoms with Gasteiger partial charge in [0.05, 0.1) is 17.9 Å². The van der Waals surface area contributed by atoms with Crippen molar-refractivity contribution in [2.24, 2.45) is 5.92 Å². The second kappa shape index (κ2) is 10.5. The molecule has 3 rings (SSSR count). The number of aliphatic carboxylic acids is 1. The van der Waals surface area contributed by atoms with Crippen molar-refractivity contribution in [2.75, 3.05) is 6.54 Å². The highest BCUT2D eigenvalue weighted by Crippen LogP contribution is 2.33. The van der Waals surface area contributed by atoms with Crippen LogP contribution in [0.3, 0.4) is 0 Å². The summed E-state index contributed by atoms with van der Waals surface area (Å²) in [7, 11) is 0. The van der Waals surface area contributed by atoms with Crippen molar-refractivity contribution in [2.45, 2.75) is 109 Å². The highest BCUT2D eigenvalue weighted by molar-refractivity contribution is 5.84. The minimum Gasteiger partial charge on any atom is -0.480 e. The van der Waals surface area contributed by atoms with E-state index in [2.05, 4.69) is 15.6 Å². The Balaban J connectivity index is 1.64. The lowest BCUT2D eigenvalue weighted by Gasteiger charge is -2.33. The summed E-state index contributed by atoms with van der Waals surface area (Å²) < 4.78 is 6.93. The highest BCUT2D eigenvalue weighted by atomic mass is 16.6. The van der Waals surface area contributed by atoms with E-state index in [9.17, 15) is 24.6 Å². The third-order valence-corrected chi connectivity index (χ3v) is 6.77. The van der Waals surface area contributed by atoms with Gasteiger partial charge in [0.1, 0.15) is 17.2 Å². The van der Waals surface area contributed by atoms with E-state index in [1.54, 1.807) is 13.8 Å². The average Bonchev–Trinajstić information content (AvgIpc) is 3.38.